The van der Waals surface area contributed by atoms with Gasteiger partial charge >= 0.3 is 0 Å². The molecule has 0 heterocycles. The Kier molecular flexibility index (Phi) is 4.41. The summed E-state index contributed by atoms with van der Waals surface area (Å²) in [6.45, 7) is 4.48. The molecular formula is C22H20O3S2. The number of fused-ring (bicyclic) bond motifs is 3. The van der Waals surface area contributed by atoms with E-state index in [1.54, 1.807) is 0 Å². The van der Waals surface area contributed by atoms with Gasteiger partial charge in [-0.1, -0.05) is 74.5 Å². The monoisotopic (exact) mass is 396 g/mol. The summed E-state index contributed by atoms with van der Waals surface area (Å²) in [6, 6.07) is 22.6. The summed E-state index contributed by atoms with van der Waals surface area (Å²) in [6.07, 6.45) is 1.06. The molecule has 3 aromatic carbocycles. The maximum absolute atomic E-state index is 11.4. The molecule has 27 heavy (non-hydrogen) atoms. The van der Waals surface area contributed by atoms with Gasteiger partial charge in [0.2, 0.25) is 0 Å². The minimum atomic E-state index is -3.54. The van der Waals surface area contributed by atoms with Crippen molar-refractivity contribution in [3.05, 3.63) is 77.9 Å². The molecule has 0 N–H and O–H groups in total. The molecule has 138 valence electrons. The summed E-state index contributed by atoms with van der Waals surface area (Å²) < 4.78 is 27.9. The van der Waals surface area contributed by atoms with Gasteiger partial charge in [0.15, 0.2) is 0 Å². The van der Waals surface area contributed by atoms with E-state index in [1.165, 1.54) is 22.3 Å². The Morgan fingerprint density at radius 2 is 1.33 bits per heavy atom. The van der Waals surface area contributed by atoms with Crippen LogP contribution in [0.4, 0.5) is 0 Å². The number of hydrogen-bond donors (Lipinski definition) is 0. The number of hydrogen-bond acceptors (Lipinski definition) is 4. The van der Waals surface area contributed by atoms with Gasteiger partial charge in [0.25, 0.3) is 10.1 Å². The second kappa shape index (κ2) is 6.51. The lowest BCUT2D eigenvalue weighted by atomic mass is 9.79. The fourth-order valence-electron chi connectivity index (χ4n) is 3.93. The van der Waals surface area contributed by atoms with Gasteiger partial charge in [-0.25, -0.2) is 0 Å². The molecule has 0 amide bonds. The van der Waals surface area contributed by atoms with E-state index in [2.05, 4.69) is 56.3 Å². The van der Waals surface area contributed by atoms with E-state index in [4.69, 9.17) is 3.63 Å². The first-order chi connectivity index (χ1) is 12.8. The van der Waals surface area contributed by atoms with Gasteiger partial charge in [0.1, 0.15) is 0 Å². The van der Waals surface area contributed by atoms with E-state index in [1.807, 2.05) is 24.3 Å². The molecule has 0 saturated heterocycles. The predicted octanol–water partition coefficient (Wildman–Crippen LogP) is 5.64. The highest BCUT2D eigenvalue weighted by molar-refractivity contribution is 8.04. The van der Waals surface area contributed by atoms with Crippen molar-refractivity contribution >= 4 is 22.2 Å². The molecule has 1 aliphatic rings. The molecule has 0 saturated carbocycles. The van der Waals surface area contributed by atoms with Crippen LogP contribution in [-0.4, -0.2) is 14.7 Å². The van der Waals surface area contributed by atoms with Gasteiger partial charge in [0, 0.05) is 10.3 Å². The Hall–Kier alpha value is -2.08. The largest absolute Gasteiger partial charge is 0.275 e. The zero-order valence-electron chi connectivity index (χ0n) is 15.4. The summed E-state index contributed by atoms with van der Waals surface area (Å²) in [5.41, 5.74) is 7.01. The normalized spacial score (nSPS) is 14.6. The van der Waals surface area contributed by atoms with Crippen LogP contribution in [0.2, 0.25) is 0 Å². The highest BCUT2D eigenvalue weighted by Crippen LogP contribution is 2.52. The SMILES string of the molecule is CC1(C)c2ccccc2-c2cccc(-c3ccccc3SOS(C)(=O)=O)c21. The van der Waals surface area contributed by atoms with Crippen LogP contribution in [0.25, 0.3) is 22.3 Å². The highest BCUT2D eigenvalue weighted by atomic mass is 32.3. The molecule has 0 bridgehead atoms. The van der Waals surface area contributed by atoms with Crippen molar-refractivity contribution in [2.75, 3.05) is 6.26 Å². The molecule has 0 aromatic heterocycles. The number of rotatable bonds is 4. The third kappa shape index (κ3) is 3.20. The fraction of sp³-hybridized carbons (Fsp3) is 0.182. The first-order valence-corrected chi connectivity index (χ1v) is 11.2. The first kappa shape index (κ1) is 18.3. The van der Waals surface area contributed by atoms with Gasteiger partial charge in [-0.3, -0.25) is 0 Å². The molecular weight excluding hydrogens is 376 g/mol. The molecule has 3 aromatic rings. The van der Waals surface area contributed by atoms with Gasteiger partial charge in [-0.05, 0) is 39.4 Å². The highest BCUT2D eigenvalue weighted by Gasteiger charge is 2.37. The Labute approximate surface area is 164 Å². The Morgan fingerprint density at radius 3 is 2.04 bits per heavy atom. The van der Waals surface area contributed by atoms with Crippen LogP contribution in [0, 0.1) is 0 Å². The van der Waals surface area contributed by atoms with E-state index in [-0.39, 0.29) is 5.41 Å². The molecule has 0 spiro atoms. The van der Waals surface area contributed by atoms with E-state index >= 15 is 0 Å². The van der Waals surface area contributed by atoms with Crippen molar-refractivity contribution < 1.29 is 12.0 Å². The Bertz CT molecular complexity index is 1130. The molecule has 1 aliphatic carbocycles. The summed E-state index contributed by atoms with van der Waals surface area (Å²) in [5.74, 6) is 0. The van der Waals surface area contributed by atoms with E-state index in [9.17, 15) is 8.42 Å². The third-order valence-electron chi connectivity index (χ3n) is 5.00. The Balaban J connectivity index is 1.90. The second-order valence-corrected chi connectivity index (χ2v) is 9.81. The molecule has 0 fully saturated rings. The Morgan fingerprint density at radius 1 is 0.778 bits per heavy atom. The van der Waals surface area contributed by atoms with Crippen molar-refractivity contribution in [1.29, 1.82) is 0 Å². The van der Waals surface area contributed by atoms with Crippen molar-refractivity contribution in [2.24, 2.45) is 0 Å². The lowest BCUT2D eigenvalue weighted by Crippen LogP contribution is -2.16. The third-order valence-corrected chi connectivity index (χ3v) is 6.80. The minimum absolute atomic E-state index is 0.141. The molecule has 0 radical (unpaired) electrons. The van der Waals surface area contributed by atoms with Gasteiger partial charge in [-0.2, -0.15) is 12.0 Å². The van der Waals surface area contributed by atoms with Crippen molar-refractivity contribution in [3.63, 3.8) is 0 Å². The van der Waals surface area contributed by atoms with E-state index < -0.39 is 10.1 Å². The zero-order valence-corrected chi connectivity index (χ0v) is 17.0. The molecule has 0 atom stereocenters. The lowest BCUT2D eigenvalue weighted by Gasteiger charge is -2.25. The number of benzene rings is 3. The molecule has 4 rings (SSSR count). The first-order valence-electron chi connectivity index (χ1n) is 8.68. The van der Waals surface area contributed by atoms with Crippen LogP contribution in [0.15, 0.2) is 71.6 Å². The van der Waals surface area contributed by atoms with Crippen LogP contribution in [0.1, 0.15) is 25.0 Å². The van der Waals surface area contributed by atoms with Gasteiger partial charge in [-0.15, -0.1) is 0 Å². The van der Waals surface area contributed by atoms with Crippen molar-refractivity contribution in [2.45, 2.75) is 24.2 Å². The summed E-state index contributed by atoms with van der Waals surface area (Å²) in [7, 11) is -3.54. The van der Waals surface area contributed by atoms with E-state index in [0.717, 1.165) is 34.3 Å². The quantitative estimate of drug-likeness (QED) is 0.535. The maximum atomic E-state index is 11.4. The smallest absolute Gasteiger partial charge is 0.199 e. The standard InChI is InChI=1S/C22H20O3S2/c1-22(2)19-13-6-4-9-15(19)17-11-8-12-18(21(17)22)16-10-5-7-14-20(16)26-25-27(3,23)24/h4-14H,1-3H3. The fourth-order valence-corrected chi connectivity index (χ4v) is 5.12. The summed E-state index contributed by atoms with van der Waals surface area (Å²) >= 11 is 0.890. The molecule has 3 nitrogen and oxygen atoms in total. The predicted molar refractivity (Wildman–Crippen MR) is 111 cm³/mol. The lowest BCUT2D eigenvalue weighted by molar-refractivity contribution is 0.525. The van der Waals surface area contributed by atoms with Crippen molar-refractivity contribution in [3.8, 4) is 22.3 Å². The molecule has 5 heteroatoms. The second-order valence-electron chi connectivity index (χ2n) is 7.25. The van der Waals surface area contributed by atoms with E-state index in [0.29, 0.717) is 0 Å². The zero-order chi connectivity index (χ0) is 19.2. The molecule has 0 aliphatic heterocycles. The summed E-state index contributed by atoms with van der Waals surface area (Å²) in [4.78, 5) is 0.781. The van der Waals surface area contributed by atoms with Crippen LogP contribution in [-0.2, 0) is 19.2 Å². The van der Waals surface area contributed by atoms with Crippen LogP contribution in [0.3, 0.4) is 0 Å². The topological polar surface area (TPSA) is 43.4 Å². The average molecular weight is 397 g/mol. The summed E-state index contributed by atoms with van der Waals surface area (Å²) in [5, 5.41) is 0. The molecule has 0 unspecified atom stereocenters. The van der Waals surface area contributed by atoms with Gasteiger partial charge in [0.05, 0.1) is 18.3 Å². The van der Waals surface area contributed by atoms with Crippen LogP contribution < -0.4 is 0 Å². The van der Waals surface area contributed by atoms with Crippen LogP contribution >= 0.6 is 12.0 Å². The van der Waals surface area contributed by atoms with Crippen molar-refractivity contribution in [1.82, 2.24) is 0 Å². The average Bonchev–Trinajstić information content (AvgIpc) is 2.88. The van der Waals surface area contributed by atoms with Gasteiger partial charge < -0.3 is 0 Å². The maximum Gasteiger partial charge on any atom is 0.275 e. The minimum Gasteiger partial charge on any atom is -0.199 e. The van der Waals surface area contributed by atoms with Crippen LogP contribution in [0.5, 0.6) is 0 Å².